The van der Waals surface area contributed by atoms with E-state index in [4.69, 9.17) is 4.74 Å². The number of carbonyl (C=O) groups excluding carboxylic acids is 1. The van der Waals surface area contributed by atoms with Gasteiger partial charge in [0.2, 0.25) is 5.90 Å². The number of Topliss-reactive ketones (excluding diaryl/α,β-unsaturated/α-hetero) is 1. The summed E-state index contributed by atoms with van der Waals surface area (Å²) in [6.07, 6.45) is -0.380. The van der Waals surface area contributed by atoms with Crippen LogP contribution in [0.3, 0.4) is 0 Å². The molecule has 2 aliphatic rings. The third-order valence-corrected chi connectivity index (χ3v) is 6.95. The maximum absolute atomic E-state index is 13.3. The van der Waals surface area contributed by atoms with Crippen LogP contribution < -0.4 is 0 Å². The van der Waals surface area contributed by atoms with Crippen molar-refractivity contribution in [3.05, 3.63) is 101 Å². The SMILES string of the molecule is O=C(Cc1cc2c(cn1)C(OCC(F)F)=NC2)C[C@H]1CN(Cc2ccc(F)cc2)C[C@@H]1c1ccccc1. The van der Waals surface area contributed by atoms with Crippen LogP contribution >= 0.6 is 0 Å². The van der Waals surface area contributed by atoms with E-state index in [1.54, 1.807) is 18.3 Å². The van der Waals surface area contributed by atoms with Crippen molar-refractivity contribution in [2.75, 3.05) is 19.7 Å². The van der Waals surface area contributed by atoms with Crippen LogP contribution in [0.5, 0.6) is 0 Å². The predicted octanol–water partition coefficient (Wildman–Crippen LogP) is 5.18. The summed E-state index contributed by atoms with van der Waals surface area (Å²) < 4.78 is 43.4. The Labute approximate surface area is 214 Å². The van der Waals surface area contributed by atoms with Gasteiger partial charge in [-0.1, -0.05) is 42.5 Å². The third kappa shape index (κ3) is 6.25. The molecule has 5 nitrogen and oxygen atoms in total. The zero-order valence-electron chi connectivity index (χ0n) is 20.3. The second kappa shape index (κ2) is 11.3. The Kier molecular flexibility index (Phi) is 7.65. The number of benzene rings is 2. The maximum Gasteiger partial charge on any atom is 0.272 e. The van der Waals surface area contributed by atoms with Crippen LogP contribution in [0.4, 0.5) is 13.2 Å². The number of carbonyl (C=O) groups is 1. The lowest BCUT2D eigenvalue weighted by molar-refractivity contribution is -0.119. The van der Waals surface area contributed by atoms with Gasteiger partial charge in [-0.25, -0.2) is 18.2 Å². The molecule has 0 saturated carbocycles. The number of hydrogen-bond acceptors (Lipinski definition) is 5. The smallest absolute Gasteiger partial charge is 0.272 e. The molecule has 5 rings (SSSR count). The number of aromatic nitrogens is 1. The van der Waals surface area contributed by atoms with Gasteiger partial charge in [-0.15, -0.1) is 0 Å². The lowest BCUT2D eigenvalue weighted by Crippen LogP contribution is -2.21. The summed E-state index contributed by atoms with van der Waals surface area (Å²) in [5.41, 5.74) is 4.34. The van der Waals surface area contributed by atoms with E-state index in [0.717, 1.165) is 24.2 Å². The first kappa shape index (κ1) is 25.1. The Morgan fingerprint density at radius 2 is 1.86 bits per heavy atom. The fraction of sp³-hybridized carbons (Fsp3) is 0.345. The van der Waals surface area contributed by atoms with E-state index in [2.05, 4.69) is 27.0 Å². The number of alkyl halides is 2. The summed E-state index contributed by atoms with van der Waals surface area (Å²) >= 11 is 0. The summed E-state index contributed by atoms with van der Waals surface area (Å²) in [6, 6.07) is 18.6. The van der Waals surface area contributed by atoms with Gasteiger partial charge in [-0.2, -0.15) is 0 Å². The van der Waals surface area contributed by atoms with E-state index >= 15 is 0 Å². The molecule has 1 saturated heterocycles. The molecular weight excluding hydrogens is 479 g/mol. The summed E-state index contributed by atoms with van der Waals surface area (Å²) in [5, 5.41) is 0. The van der Waals surface area contributed by atoms with Crippen molar-refractivity contribution >= 4 is 11.7 Å². The Morgan fingerprint density at radius 1 is 1.08 bits per heavy atom. The first-order chi connectivity index (χ1) is 17.9. The van der Waals surface area contributed by atoms with Crippen LogP contribution in [0.2, 0.25) is 0 Å². The Morgan fingerprint density at radius 3 is 2.62 bits per heavy atom. The maximum atomic E-state index is 13.3. The molecule has 1 fully saturated rings. The highest BCUT2D eigenvalue weighted by Gasteiger charge is 2.35. The van der Waals surface area contributed by atoms with Gasteiger partial charge < -0.3 is 4.74 Å². The van der Waals surface area contributed by atoms with E-state index in [-0.39, 0.29) is 35.8 Å². The van der Waals surface area contributed by atoms with Crippen LogP contribution in [0.1, 0.15) is 40.3 Å². The highest BCUT2D eigenvalue weighted by atomic mass is 19.3. The molecule has 2 aliphatic heterocycles. The normalized spacial score (nSPS) is 19.2. The predicted molar refractivity (Wildman–Crippen MR) is 134 cm³/mol. The van der Waals surface area contributed by atoms with E-state index in [0.29, 0.717) is 30.8 Å². The lowest BCUT2D eigenvalue weighted by atomic mass is 9.85. The molecule has 37 heavy (non-hydrogen) atoms. The summed E-state index contributed by atoms with van der Waals surface area (Å²) in [7, 11) is 0. The molecule has 2 atom stereocenters. The van der Waals surface area contributed by atoms with Crippen molar-refractivity contribution < 1.29 is 22.7 Å². The van der Waals surface area contributed by atoms with E-state index in [1.807, 2.05) is 24.3 Å². The number of likely N-dealkylation sites (tertiary alicyclic amines) is 1. The molecule has 8 heteroatoms. The molecule has 0 aliphatic carbocycles. The van der Waals surface area contributed by atoms with Gasteiger partial charge in [0.15, 0.2) is 6.61 Å². The van der Waals surface area contributed by atoms with Crippen molar-refractivity contribution in [3.63, 3.8) is 0 Å². The number of pyridine rings is 1. The van der Waals surface area contributed by atoms with Gasteiger partial charge in [0.25, 0.3) is 6.43 Å². The van der Waals surface area contributed by atoms with Crippen LogP contribution in [-0.4, -0.2) is 47.7 Å². The average Bonchev–Trinajstić information content (AvgIpc) is 3.48. The standard InChI is InChI=1S/C29H28F3N3O2/c30-23-8-6-19(7-9-23)15-35-16-22(27(17-35)20-4-2-1-3-5-20)11-25(36)12-24-10-21-13-34-29(26(21)14-33-24)37-18-28(31)32/h1-10,14,22,27-28H,11-13,15-18H2/t22-,27+/m0/s1. The van der Waals surface area contributed by atoms with Crippen LogP contribution in [0.15, 0.2) is 71.9 Å². The Hall–Kier alpha value is -3.52. The van der Waals surface area contributed by atoms with Crippen molar-refractivity contribution in [2.45, 2.75) is 38.3 Å². The minimum Gasteiger partial charge on any atom is -0.471 e. The summed E-state index contributed by atoms with van der Waals surface area (Å²) in [4.78, 5) is 24.0. The molecule has 0 spiro atoms. The monoisotopic (exact) mass is 507 g/mol. The fourth-order valence-electron chi connectivity index (χ4n) is 5.26. The van der Waals surface area contributed by atoms with E-state index in [9.17, 15) is 18.0 Å². The number of fused-ring (bicyclic) bond motifs is 1. The van der Waals surface area contributed by atoms with Gasteiger partial charge in [0, 0.05) is 50.3 Å². The van der Waals surface area contributed by atoms with Crippen LogP contribution in [0, 0.1) is 11.7 Å². The molecule has 2 aromatic carbocycles. The first-order valence-electron chi connectivity index (χ1n) is 12.4. The van der Waals surface area contributed by atoms with E-state index < -0.39 is 13.0 Å². The molecular formula is C29H28F3N3O2. The quantitative estimate of drug-likeness (QED) is 0.401. The number of aliphatic imine (C=N–C) groups is 1. The third-order valence-electron chi connectivity index (χ3n) is 6.95. The molecule has 0 N–H and O–H groups in total. The lowest BCUT2D eigenvalue weighted by Gasteiger charge is -2.18. The summed E-state index contributed by atoms with van der Waals surface area (Å²) in [5.74, 6) is 0.414. The van der Waals surface area contributed by atoms with Crippen molar-refractivity contribution in [3.8, 4) is 0 Å². The van der Waals surface area contributed by atoms with Gasteiger partial charge in [-0.05, 0) is 40.8 Å². The number of ether oxygens (including phenoxy) is 1. The number of ketones is 1. The number of hydrogen-bond donors (Lipinski definition) is 0. The van der Waals surface area contributed by atoms with Crippen LogP contribution in [-0.2, 0) is 29.0 Å². The highest BCUT2D eigenvalue weighted by Crippen LogP contribution is 2.36. The highest BCUT2D eigenvalue weighted by molar-refractivity contribution is 5.97. The largest absolute Gasteiger partial charge is 0.471 e. The second-order valence-corrected chi connectivity index (χ2v) is 9.67. The van der Waals surface area contributed by atoms with Gasteiger partial charge in [-0.3, -0.25) is 14.7 Å². The van der Waals surface area contributed by atoms with Crippen molar-refractivity contribution in [1.82, 2.24) is 9.88 Å². The first-order valence-corrected chi connectivity index (χ1v) is 12.4. The average molecular weight is 508 g/mol. The second-order valence-electron chi connectivity index (χ2n) is 9.67. The number of rotatable bonds is 9. The zero-order valence-corrected chi connectivity index (χ0v) is 20.3. The fourth-order valence-corrected chi connectivity index (χ4v) is 5.26. The molecule has 192 valence electrons. The molecule has 0 bridgehead atoms. The number of nitrogens with zero attached hydrogens (tertiary/aromatic N) is 3. The molecule has 3 aromatic rings. The minimum atomic E-state index is -2.57. The topological polar surface area (TPSA) is 54.8 Å². The van der Waals surface area contributed by atoms with Crippen molar-refractivity contribution in [1.29, 1.82) is 0 Å². The molecule has 0 radical (unpaired) electrons. The van der Waals surface area contributed by atoms with Gasteiger partial charge in [0.05, 0.1) is 12.1 Å². The Balaban J connectivity index is 1.24. The Bertz CT molecular complexity index is 1270. The van der Waals surface area contributed by atoms with Crippen LogP contribution in [0.25, 0.3) is 0 Å². The molecule has 0 unspecified atom stereocenters. The molecule has 1 aromatic heterocycles. The van der Waals surface area contributed by atoms with Gasteiger partial charge >= 0.3 is 0 Å². The minimum absolute atomic E-state index is 0.107. The van der Waals surface area contributed by atoms with Gasteiger partial charge in [0.1, 0.15) is 11.6 Å². The van der Waals surface area contributed by atoms with Crippen molar-refractivity contribution in [2.24, 2.45) is 10.9 Å². The number of halogens is 3. The van der Waals surface area contributed by atoms with E-state index in [1.165, 1.54) is 17.7 Å². The zero-order chi connectivity index (χ0) is 25.8. The molecule has 0 amide bonds. The molecule has 3 heterocycles. The summed E-state index contributed by atoms with van der Waals surface area (Å²) in [6.45, 7) is 1.93.